The quantitative estimate of drug-likeness (QED) is 0.802. The molecule has 1 aromatic heterocycles. The second-order valence-corrected chi connectivity index (χ2v) is 6.21. The minimum Gasteiger partial charge on any atom is -0.377 e. The number of benzene rings is 1. The van der Waals surface area contributed by atoms with Crippen LogP contribution >= 0.6 is 0 Å². The van der Waals surface area contributed by atoms with Gasteiger partial charge in [0, 0.05) is 19.6 Å². The van der Waals surface area contributed by atoms with Crippen molar-refractivity contribution in [3.63, 3.8) is 0 Å². The number of rotatable bonds is 8. The highest BCUT2D eigenvalue weighted by Gasteiger charge is 2.22. The third kappa shape index (κ3) is 4.37. The van der Waals surface area contributed by atoms with Gasteiger partial charge in [0.15, 0.2) is 0 Å². The van der Waals surface area contributed by atoms with Crippen molar-refractivity contribution in [1.29, 1.82) is 0 Å². The molecule has 0 saturated carbocycles. The highest BCUT2D eigenvalue weighted by atomic mass is 16.5. The molecule has 0 radical (unpaired) electrons. The van der Waals surface area contributed by atoms with Crippen molar-refractivity contribution in [3.05, 3.63) is 47.8 Å². The van der Waals surface area contributed by atoms with Crippen molar-refractivity contribution in [2.24, 2.45) is 0 Å². The Morgan fingerprint density at radius 2 is 2.13 bits per heavy atom. The van der Waals surface area contributed by atoms with Gasteiger partial charge in [-0.3, -0.25) is 0 Å². The van der Waals surface area contributed by atoms with E-state index in [0.29, 0.717) is 6.04 Å². The molecule has 1 unspecified atom stereocenters. The summed E-state index contributed by atoms with van der Waals surface area (Å²) in [5, 5.41) is 12.0. The van der Waals surface area contributed by atoms with Gasteiger partial charge in [-0.15, -0.1) is 5.10 Å². The van der Waals surface area contributed by atoms with Crippen molar-refractivity contribution in [2.75, 3.05) is 33.4 Å². The van der Waals surface area contributed by atoms with E-state index >= 15 is 0 Å². The summed E-state index contributed by atoms with van der Waals surface area (Å²) in [6.45, 7) is 6.50. The molecule has 1 fully saturated rings. The van der Waals surface area contributed by atoms with Crippen LogP contribution in [0.3, 0.4) is 0 Å². The molecule has 0 bridgehead atoms. The molecule has 0 spiro atoms. The average Bonchev–Trinajstić information content (AvgIpc) is 2.96. The van der Waals surface area contributed by atoms with E-state index < -0.39 is 0 Å². The number of nitrogens with one attached hydrogen (secondary N) is 1. The Hall–Kier alpha value is -1.76. The lowest BCUT2D eigenvalue weighted by atomic mass is 10.2. The van der Waals surface area contributed by atoms with E-state index in [9.17, 15) is 0 Å². The summed E-state index contributed by atoms with van der Waals surface area (Å²) in [6.07, 6.45) is 2.03. The molecule has 1 atom stereocenters. The highest BCUT2D eigenvalue weighted by Crippen LogP contribution is 2.17. The molecule has 1 aliphatic heterocycles. The van der Waals surface area contributed by atoms with E-state index in [1.807, 2.05) is 10.9 Å². The van der Waals surface area contributed by atoms with Gasteiger partial charge in [0.1, 0.15) is 6.04 Å². The first-order chi connectivity index (χ1) is 11.2. The second-order valence-electron chi connectivity index (χ2n) is 6.21. The number of hydrogen-bond acceptors (Lipinski definition) is 5. The lowest BCUT2D eigenvalue weighted by molar-refractivity contribution is -0.0294. The molecule has 0 amide bonds. The van der Waals surface area contributed by atoms with Crippen LogP contribution in [0.15, 0.2) is 36.5 Å². The maximum atomic E-state index is 5.19. The van der Waals surface area contributed by atoms with Gasteiger partial charge in [0.2, 0.25) is 0 Å². The molecular formula is C17H25N5O. The third-order valence-electron chi connectivity index (χ3n) is 4.21. The first kappa shape index (κ1) is 16.1. The van der Waals surface area contributed by atoms with Crippen LogP contribution in [-0.4, -0.2) is 53.2 Å². The van der Waals surface area contributed by atoms with Gasteiger partial charge in [0.05, 0.1) is 31.1 Å². The number of nitrogens with zero attached hydrogens (tertiary/aromatic N) is 4. The van der Waals surface area contributed by atoms with Gasteiger partial charge in [-0.05, 0) is 19.5 Å². The van der Waals surface area contributed by atoms with Gasteiger partial charge in [-0.2, -0.15) is 0 Å². The standard InChI is InChI=1S/C17H25N5O/c1-14(17-11-22(20-19-17)16-12-23-13-16)18-8-9-21(2)10-15-6-4-3-5-7-15/h3-7,11,14,16,18H,8-10,12-13H2,1-2H3. The van der Waals surface area contributed by atoms with Gasteiger partial charge >= 0.3 is 0 Å². The maximum Gasteiger partial charge on any atom is 0.100 e. The fraction of sp³-hybridized carbons (Fsp3) is 0.529. The topological polar surface area (TPSA) is 55.2 Å². The van der Waals surface area contributed by atoms with Crippen molar-refractivity contribution in [2.45, 2.75) is 25.6 Å². The van der Waals surface area contributed by atoms with E-state index in [0.717, 1.165) is 38.5 Å². The Bertz CT molecular complexity index is 596. The summed E-state index contributed by atoms with van der Waals surface area (Å²) < 4.78 is 7.10. The van der Waals surface area contributed by atoms with Crippen LogP contribution in [0.25, 0.3) is 0 Å². The number of aromatic nitrogens is 3. The van der Waals surface area contributed by atoms with Crippen LogP contribution < -0.4 is 5.32 Å². The van der Waals surface area contributed by atoms with Gasteiger partial charge < -0.3 is 15.0 Å². The predicted molar refractivity (Wildman–Crippen MR) is 89.1 cm³/mol. The molecule has 1 aromatic carbocycles. The molecule has 1 N–H and O–H groups in total. The lowest BCUT2D eigenvalue weighted by Crippen LogP contribution is -2.31. The molecule has 0 aliphatic carbocycles. The summed E-state index contributed by atoms with van der Waals surface area (Å²) in [4.78, 5) is 2.32. The zero-order valence-corrected chi connectivity index (χ0v) is 13.9. The molecule has 1 saturated heterocycles. The molecule has 6 nitrogen and oxygen atoms in total. The fourth-order valence-corrected chi connectivity index (χ4v) is 2.59. The minimum absolute atomic E-state index is 0.204. The fourth-order valence-electron chi connectivity index (χ4n) is 2.59. The number of hydrogen-bond donors (Lipinski definition) is 1. The molecule has 124 valence electrons. The van der Waals surface area contributed by atoms with Crippen LogP contribution in [0.2, 0.25) is 0 Å². The van der Waals surface area contributed by atoms with E-state index in [4.69, 9.17) is 4.74 Å². The SMILES string of the molecule is CC(NCCN(C)Cc1ccccc1)c1cn(C2COC2)nn1. The lowest BCUT2D eigenvalue weighted by Gasteiger charge is -2.25. The third-order valence-corrected chi connectivity index (χ3v) is 4.21. The Morgan fingerprint density at radius 1 is 1.35 bits per heavy atom. The molecular weight excluding hydrogens is 290 g/mol. The van der Waals surface area contributed by atoms with Crippen molar-refractivity contribution < 1.29 is 4.74 Å². The Kier molecular flexibility index (Phi) is 5.38. The smallest absolute Gasteiger partial charge is 0.100 e. The summed E-state index contributed by atoms with van der Waals surface area (Å²) in [7, 11) is 2.15. The maximum absolute atomic E-state index is 5.19. The summed E-state index contributed by atoms with van der Waals surface area (Å²) in [6, 6.07) is 11.1. The summed E-state index contributed by atoms with van der Waals surface area (Å²) in [5.74, 6) is 0. The molecule has 3 rings (SSSR count). The first-order valence-corrected chi connectivity index (χ1v) is 8.17. The molecule has 2 heterocycles. The summed E-state index contributed by atoms with van der Waals surface area (Å²) in [5.41, 5.74) is 2.33. The van der Waals surface area contributed by atoms with Gasteiger partial charge in [0.25, 0.3) is 0 Å². The van der Waals surface area contributed by atoms with E-state index in [1.54, 1.807) is 0 Å². The summed E-state index contributed by atoms with van der Waals surface area (Å²) >= 11 is 0. The van der Waals surface area contributed by atoms with Crippen molar-refractivity contribution in [3.8, 4) is 0 Å². The van der Waals surface area contributed by atoms with E-state index in [1.165, 1.54) is 5.56 Å². The first-order valence-electron chi connectivity index (χ1n) is 8.17. The van der Waals surface area contributed by atoms with Crippen LogP contribution in [0.5, 0.6) is 0 Å². The largest absolute Gasteiger partial charge is 0.377 e. The van der Waals surface area contributed by atoms with Crippen LogP contribution in [0.1, 0.15) is 30.3 Å². The predicted octanol–water partition coefficient (Wildman–Crippen LogP) is 1.63. The normalized spacial score (nSPS) is 16.5. The van der Waals surface area contributed by atoms with Crippen molar-refractivity contribution in [1.82, 2.24) is 25.2 Å². The Balaban J connectivity index is 1.40. The second kappa shape index (κ2) is 7.68. The Morgan fingerprint density at radius 3 is 2.83 bits per heavy atom. The molecule has 2 aromatic rings. The van der Waals surface area contributed by atoms with Crippen molar-refractivity contribution >= 4 is 0 Å². The highest BCUT2D eigenvalue weighted by molar-refractivity contribution is 5.14. The zero-order chi connectivity index (χ0) is 16.1. The number of likely N-dealkylation sites (N-methyl/N-ethyl adjacent to an activating group) is 1. The number of ether oxygens (including phenoxy) is 1. The van der Waals surface area contributed by atoms with Crippen LogP contribution in [-0.2, 0) is 11.3 Å². The molecule has 1 aliphatic rings. The van der Waals surface area contributed by atoms with E-state index in [-0.39, 0.29) is 6.04 Å². The molecule has 6 heteroatoms. The Labute approximate surface area is 137 Å². The van der Waals surface area contributed by atoms with Gasteiger partial charge in [-0.25, -0.2) is 4.68 Å². The average molecular weight is 315 g/mol. The minimum atomic E-state index is 0.204. The van der Waals surface area contributed by atoms with E-state index in [2.05, 4.69) is 64.8 Å². The van der Waals surface area contributed by atoms with Crippen LogP contribution in [0, 0.1) is 0 Å². The monoisotopic (exact) mass is 315 g/mol. The zero-order valence-electron chi connectivity index (χ0n) is 13.9. The van der Waals surface area contributed by atoms with Gasteiger partial charge in [-0.1, -0.05) is 35.5 Å². The molecule has 23 heavy (non-hydrogen) atoms. The van der Waals surface area contributed by atoms with Crippen LogP contribution in [0.4, 0.5) is 0 Å².